The van der Waals surface area contributed by atoms with Crippen LogP contribution in [0.1, 0.15) is 36.8 Å². The van der Waals surface area contributed by atoms with Crippen LogP contribution in [-0.4, -0.2) is 24.4 Å². The van der Waals surface area contributed by atoms with Crippen molar-refractivity contribution < 1.29 is 13.2 Å². The van der Waals surface area contributed by atoms with E-state index in [0.717, 1.165) is 24.2 Å². The molecule has 0 spiro atoms. The maximum atomic E-state index is 12.4. The molecule has 2 rings (SSSR count). The van der Waals surface area contributed by atoms with Crippen LogP contribution < -0.4 is 4.72 Å². The monoisotopic (exact) mass is 387 g/mol. The Kier molecular flexibility index (Phi) is 6.31. The zero-order chi connectivity index (χ0) is 17.7. The van der Waals surface area contributed by atoms with Gasteiger partial charge in [-0.1, -0.05) is 42.3 Å². The van der Waals surface area contributed by atoms with E-state index < -0.39 is 10.0 Å². The SMILES string of the molecule is CCCCC(=O)Cc1nnc(NS(=O)(=O)c2cccc(Cl)c2C)s1. The molecule has 0 aliphatic heterocycles. The first-order valence-corrected chi connectivity index (χ1v) is 10.1. The second-order valence-corrected chi connectivity index (χ2v) is 8.41. The van der Waals surface area contributed by atoms with Crippen LogP contribution in [0.5, 0.6) is 0 Å². The maximum absolute atomic E-state index is 12.4. The summed E-state index contributed by atoms with van der Waals surface area (Å²) < 4.78 is 27.3. The summed E-state index contributed by atoms with van der Waals surface area (Å²) in [6, 6.07) is 4.67. The number of unbranched alkanes of at least 4 members (excludes halogenated alkanes) is 1. The van der Waals surface area contributed by atoms with Gasteiger partial charge in [0.05, 0.1) is 11.3 Å². The molecule has 0 unspecified atom stereocenters. The summed E-state index contributed by atoms with van der Waals surface area (Å²) in [5.41, 5.74) is 0.464. The molecule has 1 aromatic carbocycles. The Morgan fingerprint density at radius 1 is 1.33 bits per heavy atom. The molecule has 1 N–H and O–H groups in total. The number of hydrogen-bond donors (Lipinski definition) is 1. The minimum atomic E-state index is -3.81. The number of Topliss-reactive ketones (excluding diaryl/α,β-unsaturated/α-hetero) is 1. The minimum absolute atomic E-state index is 0.0769. The molecule has 0 radical (unpaired) electrons. The number of carbonyl (C=O) groups excluding carboxylic acids is 1. The van der Waals surface area contributed by atoms with Crippen molar-refractivity contribution in [3.63, 3.8) is 0 Å². The Hall–Kier alpha value is -1.51. The first-order chi connectivity index (χ1) is 11.3. The largest absolute Gasteiger partial charge is 0.299 e. The third-order valence-electron chi connectivity index (χ3n) is 3.35. The van der Waals surface area contributed by atoms with Gasteiger partial charge in [0, 0.05) is 11.4 Å². The Balaban J connectivity index is 2.11. The number of rotatable bonds is 8. The molecule has 1 heterocycles. The standard InChI is InChI=1S/C15H18ClN3O3S2/c1-3-4-6-11(20)9-14-17-18-15(23-14)19-24(21,22)13-8-5-7-12(16)10(13)2/h5,7-8H,3-4,6,9H2,1-2H3,(H,18,19). The zero-order valence-corrected chi connectivity index (χ0v) is 15.8. The quantitative estimate of drug-likeness (QED) is 0.747. The molecule has 9 heteroatoms. The molecule has 0 saturated heterocycles. The number of aromatic nitrogens is 2. The first kappa shape index (κ1) is 18.8. The van der Waals surface area contributed by atoms with Crippen molar-refractivity contribution in [2.45, 2.75) is 44.4 Å². The van der Waals surface area contributed by atoms with Crippen molar-refractivity contribution in [3.05, 3.63) is 33.8 Å². The van der Waals surface area contributed by atoms with Gasteiger partial charge in [-0.05, 0) is 31.0 Å². The molecule has 0 atom stereocenters. The number of nitrogens with one attached hydrogen (secondary N) is 1. The van der Waals surface area contributed by atoms with Crippen LogP contribution in [0, 0.1) is 6.92 Å². The number of nitrogens with zero attached hydrogens (tertiary/aromatic N) is 2. The van der Waals surface area contributed by atoms with Gasteiger partial charge in [0.2, 0.25) is 5.13 Å². The minimum Gasteiger partial charge on any atom is -0.299 e. The lowest BCUT2D eigenvalue weighted by molar-refractivity contribution is -0.118. The van der Waals surface area contributed by atoms with Crippen LogP contribution in [0.4, 0.5) is 5.13 Å². The number of carbonyl (C=O) groups is 1. The number of sulfonamides is 1. The summed E-state index contributed by atoms with van der Waals surface area (Å²) in [7, 11) is -3.81. The van der Waals surface area contributed by atoms with Crippen molar-refractivity contribution in [2.75, 3.05) is 4.72 Å². The molecule has 0 aliphatic carbocycles. The highest BCUT2D eigenvalue weighted by Gasteiger charge is 2.20. The normalized spacial score (nSPS) is 11.5. The van der Waals surface area contributed by atoms with Gasteiger partial charge in [0.25, 0.3) is 10.0 Å². The summed E-state index contributed by atoms with van der Waals surface area (Å²) in [5, 5.41) is 8.68. The van der Waals surface area contributed by atoms with E-state index in [1.54, 1.807) is 19.1 Å². The lowest BCUT2D eigenvalue weighted by Crippen LogP contribution is -2.14. The average molecular weight is 388 g/mol. The molecule has 0 bridgehead atoms. The second-order valence-electron chi connectivity index (χ2n) is 5.29. The predicted molar refractivity (Wildman–Crippen MR) is 95.1 cm³/mol. The summed E-state index contributed by atoms with van der Waals surface area (Å²) in [5.74, 6) is 0.0769. The van der Waals surface area contributed by atoms with E-state index in [9.17, 15) is 13.2 Å². The van der Waals surface area contributed by atoms with Crippen molar-refractivity contribution in [1.82, 2.24) is 10.2 Å². The third-order valence-corrected chi connectivity index (χ3v) is 6.21. The van der Waals surface area contributed by atoms with E-state index in [-0.39, 0.29) is 22.2 Å². The highest BCUT2D eigenvalue weighted by Crippen LogP contribution is 2.26. The summed E-state index contributed by atoms with van der Waals surface area (Å²) >= 11 is 7.03. The Bertz CT molecular complexity index is 834. The number of halogens is 1. The van der Waals surface area contributed by atoms with Crippen LogP contribution in [0.2, 0.25) is 5.02 Å². The molecule has 0 amide bonds. The topological polar surface area (TPSA) is 89.0 Å². The highest BCUT2D eigenvalue weighted by atomic mass is 35.5. The van der Waals surface area contributed by atoms with Crippen LogP contribution in [0.15, 0.2) is 23.1 Å². The van der Waals surface area contributed by atoms with E-state index in [1.807, 2.05) is 6.92 Å². The Labute approximate surface area is 150 Å². The van der Waals surface area contributed by atoms with Crippen LogP contribution in [0.3, 0.4) is 0 Å². The van der Waals surface area contributed by atoms with Crippen LogP contribution in [0.25, 0.3) is 0 Å². The molecular formula is C15H18ClN3O3S2. The lowest BCUT2D eigenvalue weighted by atomic mass is 10.1. The van der Waals surface area contributed by atoms with E-state index >= 15 is 0 Å². The molecule has 130 valence electrons. The average Bonchev–Trinajstić information content (AvgIpc) is 2.93. The summed E-state index contributed by atoms with van der Waals surface area (Å²) in [6.07, 6.45) is 2.46. The molecule has 24 heavy (non-hydrogen) atoms. The summed E-state index contributed by atoms with van der Waals surface area (Å²) in [4.78, 5) is 11.8. The van der Waals surface area contributed by atoms with Gasteiger partial charge in [-0.3, -0.25) is 9.52 Å². The fourth-order valence-corrected chi connectivity index (χ4v) is 4.54. The summed E-state index contributed by atoms with van der Waals surface area (Å²) in [6.45, 7) is 3.65. The first-order valence-electron chi connectivity index (χ1n) is 7.45. The fourth-order valence-electron chi connectivity index (χ4n) is 2.05. The van der Waals surface area contributed by atoms with E-state index in [4.69, 9.17) is 11.6 Å². The smallest absolute Gasteiger partial charge is 0.264 e. The molecule has 0 fully saturated rings. The second kappa shape index (κ2) is 8.04. The molecule has 1 aromatic heterocycles. The molecule has 0 aliphatic rings. The third kappa shape index (κ3) is 4.75. The number of hydrogen-bond acceptors (Lipinski definition) is 6. The maximum Gasteiger partial charge on any atom is 0.264 e. The van der Waals surface area contributed by atoms with Gasteiger partial charge >= 0.3 is 0 Å². The van der Waals surface area contributed by atoms with E-state index in [2.05, 4.69) is 14.9 Å². The number of anilines is 1. The van der Waals surface area contributed by atoms with Gasteiger partial charge < -0.3 is 0 Å². The number of ketones is 1. The molecule has 6 nitrogen and oxygen atoms in total. The van der Waals surface area contributed by atoms with Gasteiger partial charge in [-0.25, -0.2) is 8.42 Å². The number of benzene rings is 1. The van der Waals surface area contributed by atoms with Gasteiger partial charge in [0.15, 0.2) is 0 Å². The zero-order valence-electron chi connectivity index (χ0n) is 13.4. The molecular weight excluding hydrogens is 370 g/mol. The molecule has 0 saturated carbocycles. The van der Waals surface area contributed by atoms with Crippen LogP contribution >= 0.6 is 22.9 Å². The Morgan fingerprint density at radius 3 is 2.79 bits per heavy atom. The Morgan fingerprint density at radius 2 is 2.08 bits per heavy atom. The van der Waals surface area contributed by atoms with Crippen molar-refractivity contribution in [2.24, 2.45) is 0 Å². The van der Waals surface area contributed by atoms with E-state index in [0.29, 0.717) is 22.0 Å². The lowest BCUT2D eigenvalue weighted by Gasteiger charge is -2.08. The predicted octanol–water partition coefficient (Wildman–Crippen LogP) is 3.60. The fraction of sp³-hybridized carbons (Fsp3) is 0.400. The van der Waals surface area contributed by atoms with Crippen molar-refractivity contribution >= 4 is 43.9 Å². The molecule has 2 aromatic rings. The van der Waals surface area contributed by atoms with Gasteiger partial charge in [0.1, 0.15) is 10.8 Å². The highest BCUT2D eigenvalue weighted by molar-refractivity contribution is 7.93. The van der Waals surface area contributed by atoms with Crippen LogP contribution in [-0.2, 0) is 21.2 Å². The van der Waals surface area contributed by atoms with Gasteiger partial charge in [-0.15, -0.1) is 10.2 Å². The van der Waals surface area contributed by atoms with Crippen molar-refractivity contribution in [1.29, 1.82) is 0 Å². The van der Waals surface area contributed by atoms with Gasteiger partial charge in [-0.2, -0.15) is 0 Å². The van der Waals surface area contributed by atoms with E-state index in [1.165, 1.54) is 6.07 Å². The van der Waals surface area contributed by atoms with Crippen molar-refractivity contribution in [3.8, 4) is 0 Å².